The van der Waals surface area contributed by atoms with Crippen molar-refractivity contribution in [1.29, 1.82) is 0 Å². The van der Waals surface area contributed by atoms with Gasteiger partial charge in [0.1, 0.15) is 11.5 Å². The molecule has 0 N–H and O–H groups in total. The van der Waals surface area contributed by atoms with Gasteiger partial charge in [0.25, 0.3) is 0 Å². The van der Waals surface area contributed by atoms with Gasteiger partial charge in [-0.3, -0.25) is 9.59 Å². The van der Waals surface area contributed by atoms with Crippen LogP contribution in [0.15, 0.2) is 52.2 Å². The second-order valence-electron chi connectivity index (χ2n) is 6.04. The standard InChI is InChI=1S/C20H17BrO4/c1-11(2)19-18(23)15-8-9-17(12(3)20(15)25-19)24-10-16(22)13-4-6-14(21)7-5-13/h4-9H,10H2,1-3H3. The summed E-state index contributed by atoms with van der Waals surface area (Å²) in [6.07, 6.45) is 0. The largest absolute Gasteiger partial charge is 0.485 e. The summed E-state index contributed by atoms with van der Waals surface area (Å²) in [5.41, 5.74) is 2.65. The Morgan fingerprint density at radius 2 is 1.80 bits per heavy atom. The zero-order valence-corrected chi connectivity index (χ0v) is 15.8. The number of halogens is 1. The molecule has 1 heterocycles. The molecule has 25 heavy (non-hydrogen) atoms. The van der Waals surface area contributed by atoms with Gasteiger partial charge in [0, 0.05) is 15.6 Å². The van der Waals surface area contributed by atoms with Crippen LogP contribution in [-0.2, 0) is 0 Å². The second-order valence-corrected chi connectivity index (χ2v) is 6.96. The van der Waals surface area contributed by atoms with Gasteiger partial charge in [-0.1, -0.05) is 28.1 Å². The first-order valence-corrected chi connectivity index (χ1v) is 8.63. The lowest BCUT2D eigenvalue weighted by molar-refractivity contribution is 0.0920. The van der Waals surface area contributed by atoms with Gasteiger partial charge >= 0.3 is 0 Å². The van der Waals surface area contributed by atoms with Gasteiger partial charge < -0.3 is 9.47 Å². The predicted octanol–water partition coefficient (Wildman–Crippen LogP) is 4.89. The number of ketones is 2. The van der Waals surface area contributed by atoms with E-state index in [4.69, 9.17) is 9.47 Å². The van der Waals surface area contributed by atoms with Crippen molar-refractivity contribution in [2.24, 2.45) is 0 Å². The lowest BCUT2D eigenvalue weighted by atomic mass is 10.1. The van der Waals surface area contributed by atoms with Crippen molar-refractivity contribution in [3.63, 3.8) is 0 Å². The first-order valence-electron chi connectivity index (χ1n) is 7.83. The highest BCUT2D eigenvalue weighted by Crippen LogP contribution is 2.39. The normalized spacial score (nSPS) is 12.6. The molecular formula is C20H17BrO4. The van der Waals surface area contributed by atoms with Crippen LogP contribution in [0.25, 0.3) is 0 Å². The highest BCUT2D eigenvalue weighted by atomic mass is 79.9. The number of hydrogen-bond donors (Lipinski definition) is 0. The summed E-state index contributed by atoms with van der Waals surface area (Å²) >= 11 is 3.34. The molecule has 0 saturated heterocycles. The zero-order chi connectivity index (χ0) is 18.1. The number of Topliss-reactive ketones (excluding diaryl/α,β-unsaturated/α-hetero) is 2. The number of ether oxygens (including phenoxy) is 2. The van der Waals surface area contributed by atoms with Crippen molar-refractivity contribution < 1.29 is 19.1 Å². The molecule has 4 nitrogen and oxygen atoms in total. The van der Waals surface area contributed by atoms with Crippen molar-refractivity contribution >= 4 is 27.5 Å². The molecule has 0 radical (unpaired) electrons. The topological polar surface area (TPSA) is 52.6 Å². The number of carbonyl (C=O) groups excluding carboxylic acids is 2. The molecule has 0 unspecified atom stereocenters. The number of allylic oxidation sites excluding steroid dienone is 2. The SMILES string of the molecule is CC(C)=C1Oc2c(ccc(OCC(=O)c3ccc(Br)cc3)c2C)C1=O. The van der Waals surface area contributed by atoms with E-state index in [1.165, 1.54) is 0 Å². The minimum atomic E-state index is -0.116. The van der Waals surface area contributed by atoms with Crippen LogP contribution in [0, 0.1) is 6.92 Å². The monoisotopic (exact) mass is 400 g/mol. The molecule has 0 fully saturated rings. The first kappa shape index (κ1) is 17.4. The zero-order valence-electron chi connectivity index (χ0n) is 14.2. The fourth-order valence-electron chi connectivity index (χ4n) is 2.60. The van der Waals surface area contributed by atoms with Crippen LogP contribution < -0.4 is 9.47 Å². The number of carbonyl (C=O) groups is 2. The number of rotatable bonds is 4. The van der Waals surface area contributed by atoms with Gasteiger partial charge in [0.15, 0.2) is 18.1 Å². The van der Waals surface area contributed by atoms with Crippen LogP contribution in [0.2, 0.25) is 0 Å². The van der Waals surface area contributed by atoms with Crippen molar-refractivity contribution in [2.75, 3.05) is 6.61 Å². The molecule has 0 aliphatic carbocycles. The minimum Gasteiger partial charge on any atom is -0.485 e. The Bertz CT molecular complexity index is 891. The van der Waals surface area contributed by atoms with Gasteiger partial charge in [-0.2, -0.15) is 0 Å². The quantitative estimate of drug-likeness (QED) is 0.541. The van der Waals surface area contributed by atoms with Gasteiger partial charge in [0.05, 0.1) is 5.56 Å². The Morgan fingerprint density at radius 3 is 2.44 bits per heavy atom. The summed E-state index contributed by atoms with van der Waals surface area (Å²) in [6, 6.07) is 10.5. The van der Waals surface area contributed by atoms with Gasteiger partial charge in [-0.05, 0) is 50.6 Å². The van der Waals surface area contributed by atoms with E-state index < -0.39 is 0 Å². The Hall–Kier alpha value is -2.40. The van der Waals surface area contributed by atoms with Gasteiger partial charge in [-0.15, -0.1) is 0 Å². The fourth-order valence-corrected chi connectivity index (χ4v) is 2.87. The fraction of sp³-hybridized carbons (Fsp3) is 0.200. The van der Waals surface area contributed by atoms with Crippen LogP contribution in [-0.4, -0.2) is 18.2 Å². The van der Waals surface area contributed by atoms with Gasteiger partial charge in [-0.25, -0.2) is 0 Å². The third-order valence-corrected chi connectivity index (χ3v) is 4.52. The Labute approximate surface area is 154 Å². The molecule has 128 valence electrons. The first-order chi connectivity index (χ1) is 11.9. The molecule has 3 rings (SSSR count). The smallest absolute Gasteiger partial charge is 0.231 e. The Kier molecular flexibility index (Phi) is 4.77. The molecule has 1 aliphatic heterocycles. The molecule has 0 aromatic heterocycles. The predicted molar refractivity (Wildman–Crippen MR) is 98.5 cm³/mol. The third-order valence-electron chi connectivity index (χ3n) is 3.99. The third kappa shape index (κ3) is 3.37. The van der Waals surface area contributed by atoms with Gasteiger partial charge in [0.2, 0.25) is 5.78 Å². The van der Waals surface area contributed by atoms with Crippen LogP contribution in [0.5, 0.6) is 11.5 Å². The maximum atomic E-state index is 12.3. The molecule has 0 amide bonds. The van der Waals surface area contributed by atoms with E-state index in [0.29, 0.717) is 33.9 Å². The van der Waals surface area contributed by atoms with Crippen LogP contribution >= 0.6 is 15.9 Å². The summed E-state index contributed by atoms with van der Waals surface area (Å²) in [5.74, 6) is 1.17. The molecule has 5 heteroatoms. The lowest BCUT2D eigenvalue weighted by Gasteiger charge is -2.11. The van der Waals surface area contributed by atoms with Crippen LogP contribution in [0.3, 0.4) is 0 Å². The molecule has 0 saturated carbocycles. The van der Waals surface area contributed by atoms with Crippen LogP contribution in [0.1, 0.15) is 40.1 Å². The Balaban J connectivity index is 1.78. The summed E-state index contributed by atoms with van der Waals surface area (Å²) < 4.78 is 12.3. The second kappa shape index (κ2) is 6.84. The maximum Gasteiger partial charge on any atom is 0.231 e. The summed E-state index contributed by atoms with van der Waals surface area (Å²) in [5, 5.41) is 0. The number of fused-ring (bicyclic) bond motifs is 1. The minimum absolute atomic E-state index is 0.0787. The van der Waals surface area contributed by atoms with Crippen molar-refractivity contribution in [3.8, 4) is 11.5 Å². The molecule has 0 bridgehead atoms. The molecule has 1 aliphatic rings. The summed E-state index contributed by atoms with van der Waals surface area (Å²) in [7, 11) is 0. The van der Waals surface area contributed by atoms with E-state index in [0.717, 1.165) is 10.0 Å². The number of hydrogen-bond acceptors (Lipinski definition) is 4. The summed E-state index contributed by atoms with van der Waals surface area (Å²) in [4.78, 5) is 24.5. The highest BCUT2D eigenvalue weighted by Gasteiger charge is 2.30. The molecule has 0 spiro atoms. The van der Waals surface area contributed by atoms with E-state index in [9.17, 15) is 9.59 Å². The average molecular weight is 401 g/mol. The molecule has 2 aromatic carbocycles. The number of benzene rings is 2. The van der Waals surface area contributed by atoms with E-state index >= 15 is 0 Å². The van der Waals surface area contributed by atoms with E-state index in [1.54, 1.807) is 24.3 Å². The van der Waals surface area contributed by atoms with E-state index in [2.05, 4.69) is 15.9 Å². The average Bonchev–Trinajstić information content (AvgIpc) is 2.93. The van der Waals surface area contributed by atoms with Crippen LogP contribution in [0.4, 0.5) is 0 Å². The molecular weight excluding hydrogens is 384 g/mol. The van der Waals surface area contributed by atoms with Crippen molar-refractivity contribution in [1.82, 2.24) is 0 Å². The lowest BCUT2D eigenvalue weighted by Crippen LogP contribution is -2.12. The molecule has 2 aromatic rings. The highest BCUT2D eigenvalue weighted by molar-refractivity contribution is 9.10. The van der Waals surface area contributed by atoms with Crippen molar-refractivity contribution in [2.45, 2.75) is 20.8 Å². The Morgan fingerprint density at radius 1 is 1.12 bits per heavy atom. The maximum absolute atomic E-state index is 12.3. The summed E-state index contributed by atoms with van der Waals surface area (Å²) in [6.45, 7) is 5.41. The van der Waals surface area contributed by atoms with E-state index in [1.807, 2.05) is 32.9 Å². The molecule has 0 atom stereocenters. The van der Waals surface area contributed by atoms with E-state index in [-0.39, 0.29) is 18.2 Å². The van der Waals surface area contributed by atoms with Crippen molar-refractivity contribution in [3.05, 3.63) is 68.9 Å².